The van der Waals surface area contributed by atoms with E-state index in [1.165, 1.54) is 22.5 Å². The van der Waals surface area contributed by atoms with E-state index in [0.29, 0.717) is 31.5 Å². The molecular formula is C19H29FN2O3S. The lowest BCUT2D eigenvalue weighted by Gasteiger charge is -2.33. The minimum atomic E-state index is -3.66. The number of sulfonamides is 1. The Morgan fingerprint density at radius 3 is 2.27 bits per heavy atom. The molecule has 26 heavy (non-hydrogen) atoms. The topological polar surface area (TPSA) is 57.7 Å². The van der Waals surface area contributed by atoms with Crippen LogP contribution in [0.4, 0.5) is 4.39 Å². The van der Waals surface area contributed by atoms with Crippen LogP contribution in [0.1, 0.15) is 45.1 Å². The fourth-order valence-corrected chi connectivity index (χ4v) is 5.19. The number of piperidine rings is 1. The van der Waals surface area contributed by atoms with Crippen LogP contribution in [0.3, 0.4) is 0 Å². The van der Waals surface area contributed by atoms with Gasteiger partial charge in [0.15, 0.2) is 0 Å². The van der Waals surface area contributed by atoms with Crippen LogP contribution < -0.4 is 0 Å². The van der Waals surface area contributed by atoms with Gasteiger partial charge in [0.2, 0.25) is 15.9 Å². The van der Waals surface area contributed by atoms with Gasteiger partial charge >= 0.3 is 0 Å². The molecule has 0 bridgehead atoms. The highest BCUT2D eigenvalue weighted by molar-refractivity contribution is 7.89. The van der Waals surface area contributed by atoms with E-state index in [-0.39, 0.29) is 16.7 Å². The quantitative estimate of drug-likeness (QED) is 0.725. The molecule has 0 radical (unpaired) electrons. The van der Waals surface area contributed by atoms with E-state index in [0.717, 1.165) is 25.9 Å². The number of aryl methyl sites for hydroxylation is 1. The number of amides is 1. The molecule has 0 spiro atoms. The Morgan fingerprint density at radius 1 is 1.19 bits per heavy atom. The summed E-state index contributed by atoms with van der Waals surface area (Å²) < 4.78 is 40.4. The largest absolute Gasteiger partial charge is 0.342 e. The summed E-state index contributed by atoms with van der Waals surface area (Å²) in [5.41, 5.74) is 0.403. The Labute approximate surface area is 156 Å². The zero-order chi connectivity index (χ0) is 19.3. The Morgan fingerprint density at radius 2 is 1.77 bits per heavy atom. The summed E-state index contributed by atoms with van der Waals surface area (Å²) in [4.78, 5) is 14.8. The highest BCUT2D eigenvalue weighted by Gasteiger charge is 2.34. The Hall–Kier alpha value is -1.47. The monoisotopic (exact) mass is 384 g/mol. The average molecular weight is 385 g/mol. The molecule has 0 saturated carbocycles. The van der Waals surface area contributed by atoms with E-state index >= 15 is 0 Å². The van der Waals surface area contributed by atoms with Gasteiger partial charge in [-0.05, 0) is 56.4 Å². The van der Waals surface area contributed by atoms with Crippen LogP contribution in [-0.4, -0.2) is 49.7 Å². The molecule has 1 aromatic carbocycles. The first-order valence-corrected chi connectivity index (χ1v) is 10.8. The van der Waals surface area contributed by atoms with Gasteiger partial charge in [0.05, 0.1) is 4.90 Å². The van der Waals surface area contributed by atoms with Crippen molar-refractivity contribution in [2.75, 3.05) is 26.2 Å². The van der Waals surface area contributed by atoms with Crippen molar-refractivity contribution < 1.29 is 17.6 Å². The van der Waals surface area contributed by atoms with Crippen molar-refractivity contribution in [1.29, 1.82) is 0 Å². The maximum Gasteiger partial charge on any atom is 0.243 e. The van der Waals surface area contributed by atoms with Gasteiger partial charge in [-0.2, -0.15) is 4.31 Å². The second-order valence-electron chi connectivity index (χ2n) is 6.91. The maximum atomic E-state index is 13.3. The van der Waals surface area contributed by atoms with E-state index < -0.39 is 15.8 Å². The van der Waals surface area contributed by atoms with Crippen molar-refractivity contribution in [2.45, 2.75) is 51.3 Å². The van der Waals surface area contributed by atoms with Crippen molar-refractivity contribution in [1.82, 2.24) is 9.21 Å². The fraction of sp³-hybridized carbons (Fsp3) is 0.632. The second kappa shape index (κ2) is 8.95. The number of hydrogen-bond donors (Lipinski definition) is 0. The molecule has 1 saturated heterocycles. The van der Waals surface area contributed by atoms with Crippen molar-refractivity contribution in [2.24, 2.45) is 5.92 Å². The number of halogens is 1. The number of hydrogen-bond acceptors (Lipinski definition) is 3. The van der Waals surface area contributed by atoms with Gasteiger partial charge in [-0.15, -0.1) is 0 Å². The fourth-order valence-electron chi connectivity index (χ4n) is 3.51. The van der Waals surface area contributed by atoms with E-state index in [2.05, 4.69) is 13.8 Å². The molecule has 0 aromatic heterocycles. The molecule has 1 amide bonds. The number of rotatable bonds is 7. The Bertz CT molecular complexity index is 722. The molecule has 2 rings (SSSR count). The minimum Gasteiger partial charge on any atom is -0.342 e. The summed E-state index contributed by atoms with van der Waals surface area (Å²) in [7, 11) is -3.66. The predicted octanol–water partition coefficient (Wildman–Crippen LogP) is 3.18. The molecule has 1 heterocycles. The van der Waals surface area contributed by atoms with Gasteiger partial charge in [0.25, 0.3) is 0 Å². The highest BCUT2D eigenvalue weighted by atomic mass is 32.2. The summed E-state index contributed by atoms with van der Waals surface area (Å²) in [6.45, 7) is 7.84. The van der Waals surface area contributed by atoms with Crippen LogP contribution in [0.2, 0.25) is 0 Å². The van der Waals surface area contributed by atoms with Crippen molar-refractivity contribution in [3.05, 3.63) is 29.6 Å². The van der Waals surface area contributed by atoms with Gasteiger partial charge in [-0.25, -0.2) is 12.8 Å². The molecule has 0 unspecified atom stereocenters. The average Bonchev–Trinajstić information content (AvgIpc) is 2.60. The third kappa shape index (κ3) is 4.62. The molecule has 1 aliphatic heterocycles. The Kier molecular flexibility index (Phi) is 7.17. The summed E-state index contributed by atoms with van der Waals surface area (Å²) in [6, 6.07) is 3.72. The smallest absolute Gasteiger partial charge is 0.243 e. The number of nitrogens with zero attached hydrogens (tertiary/aromatic N) is 2. The lowest BCUT2D eigenvalue weighted by molar-refractivity contribution is -0.136. The summed E-state index contributed by atoms with van der Waals surface area (Å²) in [5, 5.41) is 0. The van der Waals surface area contributed by atoms with Crippen LogP contribution in [0.5, 0.6) is 0 Å². The van der Waals surface area contributed by atoms with Gasteiger partial charge in [0.1, 0.15) is 5.82 Å². The zero-order valence-electron chi connectivity index (χ0n) is 15.9. The first-order chi connectivity index (χ1) is 12.3. The predicted molar refractivity (Wildman–Crippen MR) is 99.8 cm³/mol. The van der Waals surface area contributed by atoms with Crippen molar-refractivity contribution in [3.63, 3.8) is 0 Å². The lowest BCUT2D eigenvalue weighted by atomic mass is 9.96. The highest BCUT2D eigenvalue weighted by Crippen LogP contribution is 2.27. The summed E-state index contributed by atoms with van der Waals surface area (Å²) in [6.07, 6.45) is 2.90. The normalized spacial score (nSPS) is 16.6. The molecule has 0 atom stereocenters. The van der Waals surface area contributed by atoms with E-state index in [1.807, 2.05) is 4.90 Å². The molecule has 1 fully saturated rings. The summed E-state index contributed by atoms with van der Waals surface area (Å²) >= 11 is 0. The van der Waals surface area contributed by atoms with Crippen LogP contribution in [-0.2, 0) is 14.8 Å². The standard InChI is InChI=1S/C19H29FN2O3S/c1-4-10-21(11-5-2)19(23)16-8-12-22(13-9-16)26(24,25)18-7-6-17(20)14-15(18)3/h6-7,14,16H,4-5,8-13H2,1-3H3. The maximum absolute atomic E-state index is 13.3. The first kappa shape index (κ1) is 20.8. The van der Waals surface area contributed by atoms with Crippen molar-refractivity contribution in [3.8, 4) is 0 Å². The third-order valence-electron chi connectivity index (χ3n) is 4.86. The Balaban J connectivity index is 2.06. The van der Waals surface area contributed by atoms with E-state index in [1.54, 1.807) is 6.92 Å². The number of benzene rings is 1. The molecule has 7 heteroatoms. The SMILES string of the molecule is CCCN(CCC)C(=O)C1CCN(S(=O)(=O)c2ccc(F)cc2C)CC1. The van der Waals surface area contributed by atoms with Crippen LogP contribution in [0, 0.1) is 18.7 Å². The van der Waals surface area contributed by atoms with Gasteiger partial charge in [-0.1, -0.05) is 13.8 Å². The van der Waals surface area contributed by atoms with E-state index in [9.17, 15) is 17.6 Å². The molecule has 1 aliphatic rings. The van der Waals surface area contributed by atoms with Crippen LogP contribution in [0.25, 0.3) is 0 Å². The number of carbonyl (C=O) groups is 1. The third-order valence-corrected chi connectivity index (χ3v) is 6.92. The molecular weight excluding hydrogens is 355 g/mol. The van der Waals surface area contributed by atoms with Gasteiger partial charge < -0.3 is 4.90 Å². The van der Waals surface area contributed by atoms with Gasteiger partial charge in [0, 0.05) is 32.1 Å². The van der Waals surface area contributed by atoms with Crippen molar-refractivity contribution >= 4 is 15.9 Å². The number of carbonyl (C=O) groups excluding carboxylic acids is 1. The molecule has 1 aromatic rings. The van der Waals surface area contributed by atoms with Crippen LogP contribution in [0.15, 0.2) is 23.1 Å². The molecule has 0 aliphatic carbocycles. The first-order valence-electron chi connectivity index (χ1n) is 9.36. The second-order valence-corrected chi connectivity index (χ2v) is 8.82. The zero-order valence-corrected chi connectivity index (χ0v) is 16.7. The summed E-state index contributed by atoms with van der Waals surface area (Å²) in [5.74, 6) is -0.421. The molecule has 5 nitrogen and oxygen atoms in total. The van der Waals surface area contributed by atoms with Crippen LogP contribution >= 0.6 is 0 Å². The van der Waals surface area contributed by atoms with Gasteiger partial charge in [-0.3, -0.25) is 4.79 Å². The molecule has 146 valence electrons. The molecule has 0 N–H and O–H groups in total. The van der Waals surface area contributed by atoms with E-state index in [4.69, 9.17) is 0 Å². The minimum absolute atomic E-state index is 0.117. The lowest BCUT2D eigenvalue weighted by Crippen LogP contribution is -2.44.